The van der Waals surface area contributed by atoms with Gasteiger partial charge in [-0.1, -0.05) is 19.8 Å². The molecule has 1 aliphatic rings. The standard InChI is InChI=1S/C15H24N2OS2/c1-3-5-12-6-4-8-17(9-7-12)14(18)10-13-11(2)16-15(19)20-13/h12H,3-10H2,1-2H3,(H,16,19)/t12-/m0/s1. The van der Waals surface area contributed by atoms with E-state index in [0.717, 1.165) is 40.0 Å². The fourth-order valence-corrected chi connectivity index (χ4v) is 4.25. The summed E-state index contributed by atoms with van der Waals surface area (Å²) in [6.07, 6.45) is 6.66. The number of thiazole rings is 1. The van der Waals surface area contributed by atoms with Crippen LogP contribution in [0.15, 0.2) is 0 Å². The van der Waals surface area contributed by atoms with E-state index in [1.54, 1.807) is 0 Å². The number of aromatic amines is 1. The number of H-pyrrole nitrogens is 1. The lowest BCUT2D eigenvalue weighted by molar-refractivity contribution is -0.130. The molecule has 0 spiro atoms. The van der Waals surface area contributed by atoms with E-state index in [-0.39, 0.29) is 5.91 Å². The van der Waals surface area contributed by atoms with Crippen LogP contribution in [0.3, 0.4) is 0 Å². The molecule has 1 aromatic heterocycles. The highest BCUT2D eigenvalue weighted by Crippen LogP contribution is 2.23. The molecule has 0 aromatic carbocycles. The average Bonchev–Trinajstić information content (AvgIpc) is 2.62. The number of aromatic nitrogens is 1. The molecule has 112 valence electrons. The maximum absolute atomic E-state index is 12.4. The predicted molar refractivity (Wildman–Crippen MR) is 86.8 cm³/mol. The number of carbonyl (C=O) groups excluding carboxylic acids is 1. The zero-order valence-electron chi connectivity index (χ0n) is 12.4. The minimum atomic E-state index is 0.260. The van der Waals surface area contributed by atoms with E-state index in [9.17, 15) is 4.79 Å². The molecule has 0 unspecified atom stereocenters. The Balaban J connectivity index is 1.92. The average molecular weight is 313 g/mol. The van der Waals surface area contributed by atoms with Gasteiger partial charge >= 0.3 is 0 Å². The summed E-state index contributed by atoms with van der Waals surface area (Å²) in [6.45, 7) is 6.09. The lowest BCUT2D eigenvalue weighted by Gasteiger charge is -2.20. The van der Waals surface area contributed by atoms with Gasteiger partial charge < -0.3 is 9.88 Å². The van der Waals surface area contributed by atoms with Crippen LogP contribution in [0.2, 0.25) is 0 Å². The number of hydrogen-bond acceptors (Lipinski definition) is 3. The Bertz CT molecular complexity index is 506. The monoisotopic (exact) mass is 312 g/mol. The van der Waals surface area contributed by atoms with Crippen molar-refractivity contribution in [2.75, 3.05) is 13.1 Å². The Labute approximate surface area is 130 Å². The largest absolute Gasteiger partial charge is 0.342 e. The molecule has 0 saturated carbocycles. The van der Waals surface area contributed by atoms with Crippen molar-refractivity contribution in [1.29, 1.82) is 0 Å². The van der Waals surface area contributed by atoms with Gasteiger partial charge in [-0.05, 0) is 44.3 Å². The van der Waals surface area contributed by atoms with Crippen LogP contribution >= 0.6 is 23.6 Å². The Morgan fingerprint density at radius 1 is 1.45 bits per heavy atom. The SMILES string of the molecule is CCC[C@H]1CCCN(C(=O)Cc2sc(=S)[nH]c2C)CC1. The van der Waals surface area contributed by atoms with E-state index >= 15 is 0 Å². The summed E-state index contributed by atoms with van der Waals surface area (Å²) in [6, 6.07) is 0. The molecular formula is C15H24N2OS2. The second-order valence-corrected chi connectivity index (χ2v) is 7.48. The summed E-state index contributed by atoms with van der Waals surface area (Å²) in [4.78, 5) is 18.7. The highest BCUT2D eigenvalue weighted by Gasteiger charge is 2.21. The molecule has 1 amide bonds. The van der Waals surface area contributed by atoms with E-state index in [4.69, 9.17) is 12.2 Å². The molecule has 0 radical (unpaired) electrons. The molecule has 1 saturated heterocycles. The van der Waals surface area contributed by atoms with Crippen LogP contribution in [0.5, 0.6) is 0 Å². The molecule has 20 heavy (non-hydrogen) atoms. The summed E-state index contributed by atoms with van der Waals surface area (Å²) in [5.74, 6) is 1.07. The molecule has 1 atom stereocenters. The Kier molecular flexibility index (Phi) is 5.78. The smallest absolute Gasteiger partial charge is 0.227 e. The van der Waals surface area contributed by atoms with Crippen LogP contribution in [-0.2, 0) is 11.2 Å². The number of carbonyl (C=O) groups is 1. The molecule has 5 heteroatoms. The third kappa shape index (κ3) is 4.16. The third-order valence-electron chi connectivity index (χ3n) is 4.13. The van der Waals surface area contributed by atoms with Crippen LogP contribution in [-0.4, -0.2) is 28.9 Å². The van der Waals surface area contributed by atoms with Gasteiger partial charge in [0.1, 0.15) is 0 Å². The molecular weight excluding hydrogens is 288 g/mol. The molecule has 1 aliphatic heterocycles. The number of rotatable bonds is 4. The van der Waals surface area contributed by atoms with Gasteiger partial charge in [-0.25, -0.2) is 0 Å². The summed E-state index contributed by atoms with van der Waals surface area (Å²) >= 11 is 6.67. The maximum Gasteiger partial charge on any atom is 0.227 e. The van der Waals surface area contributed by atoms with Crippen LogP contribution in [0.4, 0.5) is 0 Å². The van der Waals surface area contributed by atoms with Gasteiger partial charge in [0, 0.05) is 23.7 Å². The van der Waals surface area contributed by atoms with Gasteiger partial charge in [0.15, 0.2) is 3.95 Å². The zero-order valence-corrected chi connectivity index (χ0v) is 14.0. The van der Waals surface area contributed by atoms with Crippen molar-refractivity contribution in [3.05, 3.63) is 14.5 Å². The van der Waals surface area contributed by atoms with E-state index in [0.29, 0.717) is 6.42 Å². The first-order chi connectivity index (χ1) is 9.60. The van der Waals surface area contributed by atoms with Gasteiger partial charge in [0.2, 0.25) is 5.91 Å². The fourth-order valence-electron chi connectivity index (χ4n) is 2.97. The second-order valence-electron chi connectivity index (χ2n) is 5.71. The van der Waals surface area contributed by atoms with Gasteiger partial charge in [-0.3, -0.25) is 4.79 Å². The minimum absolute atomic E-state index is 0.260. The summed E-state index contributed by atoms with van der Waals surface area (Å²) in [5, 5.41) is 0. The number of hydrogen-bond donors (Lipinski definition) is 1. The molecule has 0 bridgehead atoms. The van der Waals surface area contributed by atoms with Crippen LogP contribution < -0.4 is 0 Å². The maximum atomic E-state index is 12.4. The first-order valence-electron chi connectivity index (χ1n) is 7.56. The van der Waals surface area contributed by atoms with Gasteiger partial charge in [-0.2, -0.15) is 0 Å². The molecule has 1 N–H and O–H groups in total. The zero-order chi connectivity index (χ0) is 14.5. The minimum Gasteiger partial charge on any atom is -0.342 e. The van der Waals surface area contributed by atoms with Gasteiger partial charge in [-0.15, -0.1) is 11.3 Å². The van der Waals surface area contributed by atoms with E-state index < -0.39 is 0 Å². The summed E-state index contributed by atoms with van der Waals surface area (Å²) < 4.78 is 0.768. The Morgan fingerprint density at radius 3 is 2.90 bits per heavy atom. The summed E-state index contributed by atoms with van der Waals surface area (Å²) in [7, 11) is 0. The summed E-state index contributed by atoms with van der Waals surface area (Å²) in [5.41, 5.74) is 1.05. The van der Waals surface area contributed by atoms with Crippen molar-refractivity contribution in [3.8, 4) is 0 Å². The first kappa shape index (κ1) is 15.7. The molecule has 0 aliphatic carbocycles. The molecule has 2 heterocycles. The van der Waals surface area contributed by atoms with E-state index in [1.165, 1.54) is 37.0 Å². The van der Waals surface area contributed by atoms with E-state index in [1.807, 2.05) is 6.92 Å². The normalized spacial score (nSPS) is 19.9. The number of likely N-dealkylation sites (tertiary alicyclic amines) is 1. The van der Waals surface area contributed by atoms with Gasteiger partial charge in [0.25, 0.3) is 0 Å². The predicted octanol–water partition coefficient (Wildman–Crippen LogP) is 4.09. The quantitative estimate of drug-likeness (QED) is 0.850. The fraction of sp³-hybridized carbons (Fsp3) is 0.733. The van der Waals surface area contributed by atoms with E-state index in [2.05, 4.69) is 16.8 Å². The first-order valence-corrected chi connectivity index (χ1v) is 8.79. The van der Waals surface area contributed by atoms with Crippen molar-refractivity contribution >= 4 is 29.5 Å². The molecule has 2 rings (SSSR count). The van der Waals surface area contributed by atoms with Crippen LogP contribution in [0, 0.1) is 16.8 Å². The van der Waals surface area contributed by atoms with Crippen molar-refractivity contribution in [1.82, 2.24) is 9.88 Å². The molecule has 1 fully saturated rings. The number of amides is 1. The Morgan fingerprint density at radius 2 is 2.25 bits per heavy atom. The highest BCUT2D eigenvalue weighted by atomic mass is 32.1. The van der Waals surface area contributed by atoms with Crippen molar-refractivity contribution in [2.45, 2.75) is 52.4 Å². The second kappa shape index (κ2) is 7.36. The Hall–Kier alpha value is -0.680. The third-order valence-corrected chi connectivity index (χ3v) is 5.47. The van der Waals surface area contributed by atoms with Gasteiger partial charge in [0.05, 0.1) is 6.42 Å². The highest BCUT2D eigenvalue weighted by molar-refractivity contribution is 7.73. The lowest BCUT2D eigenvalue weighted by atomic mass is 9.96. The van der Waals surface area contributed by atoms with Crippen molar-refractivity contribution in [3.63, 3.8) is 0 Å². The number of aryl methyl sites for hydroxylation is 1. The van der Waals surface area contributed by atoms with Crippen LogP contribution in [0.1, 0.15) is 49.6 Å². The molecule has 3 nitrogen and oxygen atoms in total. The lowest BCUT2D eigenvalue weighted by Crippen LogP contribution is -2.33. The van der Waals surface area contributed by atoms with Crippen LogP contribution in [0.25, 0.3) is 0 Å². The number of nitrogens with one attached hydrogen (secondary N) is 1. The van der Waals surface area contributed by atoms with Crippen molar-refractivity contribution < 1.29 is 4.79 Å². The topological polar surface area (TPSA) is 36.1 Å². The van der Waals surface area contributed by atoms with Crippen molar-refractivity contribution in [2.24, 2.45) is 5.92 Å². The number of nitrogens with zero attached hydrogens (tertiary/aromatic N) is 1. The molecule has 1 aromatic rings.